The Labute approximate surface area is 174 Å². The van der Waals surface area contributed by atoms with Gasteiger partial charge in [0.05, 0.1) is 24.1 Å². The van der Waals surface area contributed by atoms with Crippen LogP contribution in [0.1, 0.15) is 38.1 Å². The molecule has 3 aromatic rings. The number of aliphatic hydroxyl groups is 1. The van der Waals surface area contributed by atoms with E-state index in [4.69, 9.17) is 16.3 Å². The molecule has 0 aliphatic carbocycles. The topological polar surface area (TPSA) is 71.7 Å². The summed E-state index contributed by atoms with van der Waals surface area (Å²) in [5.41, 5.74) is 3.28. The second kappa shape index (κ2) is 8.31. The molecule has 0 spiro atoms. The second-order valence-corrected chi connectivity index (χ2v) is 7.74. The van der Waals surface area contributed by atoms with Crippen LogP contribution in [0.25, 0.3) is 16.8 Å². The molecule has 3 rings (SSSR count). The first-order valence-electron chi connectivity index (χ1n) is 9.38. The zero-order chi connectivity index (χ0) is 21.3. The molecule has 152 valence electrons. The summed E-state index contributed by atoms with van der Waals surface area (Å²) in [5, 5.41) is 20.6. The van der Waals surface area contributed by atoms with Crippen LogP contribution >= 0.6 is 11.6 Å². The summed E-state index contributed by atoms with van der Waals surface area (Å²) >= 11 is 6.26. The Bertz CT molecular complexity index is 1100. The summed E-state index contributed by atoms with van der Waals surface area (Å²) in [7, 11) is 0. The fourth-order valence-electron chi connectivity index (χ4n) is 3.20. The summed E-state index contributed by atoms with van der Waals surface area (Å²) in [6.07, 6.45) is 0.428. The van der Waals surface area contributed by atoms with Gasteiger partial charge in [0.2, 0.25) is 5.43 Å². The molecule has 0 saturated carbocycles. The van der Waals surface area contributed by atoms with Crippen LogP contribution in [0.3, 0.4) is 0 Å². The van der Waals surface area contributed by atoms with Gasteiger partial charge < -0.3 is 19.5 Å². The Balaban J connectivity index is 2.23. The van der Waals surface area contributed by atoms with E-state index < -0.39 is 11.5 Å². The zero-order valence-electron chi connectivity index (χ0n) is 16.8. The number of benzene rings is 2. The molecule has 0 radical (unpaired) electrons. The number of aliphatic hydroxyl groups excluding tert-OH is 1. The average molecular weight is 414 g/mol. The third kappa shape index (κ3) is 4.47. The van der Waals surface area contributed by atoms with E-state index in [1.165, 1.54) is 12.3 Å². The predicted octanol–water partition coefficient (Wildman–Crippen LogP) is 5.01. The highest BCUT2D eigenvalue weighted by molar-refractivity contribution is 6.31. The summed E-state index contributed by atoms with van der Waals surface area (Å²) in [4.78, 5) is 11.8. The first kappa shape index (κ1) is 21.0. The molecule has 0 saturated heterocycles. The molecule has 2 aromatic carbocycles. The summed E-state index contributed by atoms with van der Waals surface area (Å²) in [5.74, 6) is 0.325. The van der Waals surface area contributed by atoms with Crippen molar-refractivity contribution in [2.75, 3.05) is 0 Å². The summed E-state index contributed by atoms with van der Waals surface area (Å²) < 4.78 is 7.57. The number of aryl methyl sites for hydroxylation is 1. The largest absolute Gasteiger partial charge is 0.503 e. The van der Waals surface area contributed by atoms with Crippen LogP contribution in [0.2, 0.25) is 5.02 Å². The quantitative estimate of drug-likeness (QED) is 0.616. The number of ether oxygens (including phenoxy) is 1. The van der Waals surface area contributed by atoms with Crippen LogP contribution in [0.4, 0.5) is 0 Å². The number of aromatic nitrogens is 1. The van der Waals surface area contributed by atoms with Crippen LogP contribution in [-0.2, 0) is 0 Å². The molecule has 2 N–H and O–H groups in total. The molecule has 0 aliphatic rings. The van der Waals surface area contributed by atoms with Crippen LogP contribution in [0.5, 0.6) is 11.5 Å². The van der Waals surface area contributed by atoms with Crippen LogP contribution in [-0.4, -0.2) is 20.9 Å². The molecule has 5 nitrogen and oxygen atoms in total. The van der Waals surface area contributed by atoms with Gasteiger partial charge in [-0.05, 0) is 69.2 Å². The van der Waals surface area contributed by atoms with E-state index in [1.54, 1.807) is 17.6 Å². The first-order chi connectivity index (χ1) is 13.7. The number of nitrogens with zero attached hydrogens (tertiary/aromatic N) is 1. The maximum atomic E-state index is 11.8. The Morgan fingerprint density at radius 2 is 1.76 bits per heavy atom. The predicted molar refractivity (Wildman–Crippen MR) is 115 cm³/mol. The van der Waals surface area contributed by atoms with Crippen LogP contribution in [0, 0.1) is 6.92 Å². The highest BCUT2D eigenvalue weighted by atomic mass is 35.5. The minimum atomic E-state index is -0.890. The number of pyridine rings is 1. The zero-order valence-corrected chi connectivity index (χ0v) is 17.6. The highest BCUT2D eigenvalue weighted by Gasteiger charge is 2.16. The van der Waals surface area contributed by atoms with Crippen molar-refractivity contribution < 1.29 is 14.9 Å². The third-order valence-corrected chi connectivity index (χ3v) is 4.82. The summed E-state index contributed by atoms with van der Waals surface area (Å²) in [6, 6.07) is 12.4. The lowest BCUT2D eigenvalue weighted by atomic mass is 9.98. The number of aromatic hydroxyl groups is 1. The molecule has 1 unspecified atom stereocenters. The smallest absolute Gasteiger partial charge is 0.223 e. The van der Waals surface area contributed by atoms with Gasteiger partial charge in [0.1, 0.15) is 5.75 Å². The van der Waals surface area contributed by atoms with Crippen molar-refractivity contribution in [1.29, 1.82) is 0 Å². The standard InChI is InChI=1S/C23H24ClNO4/c1-13(2)29-23-8-6-16(24)9-19(23)18-10-17(7-5-14(18)3)25-12-22(28)21(27)11-20(25)15(4)26/h5-13,15,26,28H,1-4H3. The molecule has 0 fully saturated rings. The molecular weight excluding hydrogens is 390 g/mol. The second-order valence-electron chi connectivity index (χ2n) is 7.30. The van der Waals surface area contributed by atoms with Gasteiger partial charge in [0.25, 0.3) is 0 Å². The molecule has 1 aromatic heterocycles. The lowest BCUT2D eigenvalue weighted by Crippen LogP contribution is -2.13. The fraction of sp³-hybridized carbons (Fsp3) is 0.261. The SMILES string of the molecule is Cc1ccc(-n2cc(O)c(=O)cc2C(C)O)cc1-c1cc(Cl)ccc1OC(C)C. The van der Waals surface area contributed by atoms with Crippen molar-refractivity contribution in [3.05, 3.63) is 75.2 Å². The van der Waals surface area contributed by atoms with Gasteiger partial charge in [-0.25, -0.2) is 0 Å². The number of hydrogen-bond acceptors (Lipinski definition) is 4. The Morgan fingerprint density at radius 3 is 2.41 bits per heavy atom. The fourth-order valence-corrected chi connectivity index (χ4v) is 3.38. The molecule has 0 aliphatic heterocycles. The molecule has 0 bridgehead atoms. The molecular formula is C23H24ClNO4. The Morgan fingerprint density at radius 1 is 1.03 bits per heavy atom. The van der Waals surface area contributed by atoms with E-state index in [2.05, 4.69) is 0 Å². The minimum Gasteiger partial charge on any atom is -0.503 e. The van der Waals surface area contributed by atoms with E-state index in [9.17, 15) is 15.0 Å². The van der Waals surface area contributed by atoms with Crippen molar-refractivity contribution in [3.63, 3.8) is 0 Å². The van der Waals surface area contributed by atoms with Crippen molar-refractivity contribution >= 4 is 11.6 Å². The van der Waals surface area contributed by atoms with E-state index in [-0.39, 0.29) is 11.9 Å². The van der Waals surface area contributed by atoms with Crippen LogP contribution in [0.15, 0.2) is 53.5 Å². The van der Waals surface area contributed by atoms with E-state index in [0.29, 0.717) is 22.2 Å². The van der Waals surface area contributed by atoms with E-state index in [0.717, 1.165) is 16.7 Å². The van der Waals surface area contributed by atoms with Crippen LogP contribution < -0.4 is 10.2 Å². The van der Waals surface area contributed by atoms with Crippen molar-refractivity contribution in [2.45, 2.75) is 39.9 Å². The molecule has 1 atom stereocenters. The van der Waals surface area contributed by atoms with Gasteiger partial charge >= 0.3 is 0 Å². The molecule has 29 heavy (non-hydrogen) atoms. The molecule has 1 heterocycles. The average Bonchev–Trinajstić information content (AvgIpc) is 2.65. The third-order valence-electron chi connectivity index (χ3n) is 4.58. The van der Waals surface area contributed by atoms with Crippen molar-refractivity contribution in [2.24, 2.45) is 0 Å². The van der Waals surface area contributed by atoms with Gasteiger partial charge in [-0.1, -0.05) is 17.7 Å². The van der Waals surface area contributed by atoms with E-state index in [1.807, 2.05) is 51.1 Å². The lowest BCUT2D eigenvalue weighted by molar-refractivity contribution is 0.191. The maximum absolute atomic E-state index is 11.8. The molecule has 0 amide bonds. The van der Waals surface area contributed by atoms with E-state index >= 15 is 0 Å². The van der Waals surface area contributed by atoms with Gasteiger partial charge in [0.15, 0.2) is 5.75 Å². The van der Waals surface area contributed by atoms with Crippen molar-refractivity contribution in [1.82, 2.24) is 4.57 Å². The monoisotopic (exact) mass is 413 g/mol. The Hall–Kier alpha value is -2.76. The van der Waals surface area contributed by atoms with Gasteiger partial charge in [-0.2, -0.15) is 0 Å². The normalized spacial score (nSPS) is 12.2. The van der Waals surface area contributed by atoms with Crippen molar-refractivity contribution in [3.8, 4) is 28.3 Å². The maximum Gasteiger partial charge on any atom is 0.223 e. The Kier molecular flexibility index (Phi) is 6.01. The number of hydrogen-bond donors (Lipinski definition) is 2. The van der Waals surface area contributed by atoms with Gasteiger partial charge in [-0.15, -0.1) is 0 Å². The molecule has 6 heteroatoms. The summed E-state index contributed by atoms with van der Waals surface area (Å²) in [6.45, 7) is 7.47. The van der Waals surface area contributed by atoms with Gasteiger partial charge in [-0.3, -0.25) is 4.79 Å². The minimum absolute atomic E-state index is 0.00354. The highest BCUT2D eigenvalue weighted by Crippen LogP contribution is 2.36. The lowest BCUT2D eigenvalue weighted by Gasteiger charge is -2.19. The number of halogens is 1. The first-order valence-corrected chi connectivity index (χ1v) is 9.76. The number of rotatable bonds is 5. The van der Waals surface area contributed by atoms with Gasteiger partial charge in [0, 0.05) is 22.3 Å².